The van der Waals surface area contributed by atoms with Crippen molar-refractivity contribution >= 4 is 5.97 Å². The second kappa shape index (κ2) is 10.2. The summed E-state index contributed by atoms with van der Waals surface area (Å²) in [5, 5.41) is 0. The van der Waals surface area contributed by atoms with Gasteiger partial charge in [-0.15, -0.1) is 0 Å². The van der Waals surface area contributed by atoms with Crippen LogP contribution in [0.25, 0.3) is 0 Å². The molecule has 0 radical (unpaired) electrons. The van der Waals surface area contributed by atoms with Crippen LogP contribution >= 0.6 is 0 Å². The van der Waals surface area contributed by atoms with E-state index in [1.54, 1.807) is 0 Å². The number of esters is 1. The summed E-state index contributed by atoms with van der Waals surface area (Å²) >= 11 is 0. The van der Waals surface area contributed by atoms with Crippen molar-refractivity contribution < 1.29 is 9.53 Å². The first-order valence-corrected chi connectivity index (χ1v) is 7.40. The van der Waals surface area contributed by atoms with E-state index in [0.717, 1.165) is 38.5 Å². The lowest BCUT2D eigenvalue weighted by Crippen LogP contribution is -2.31. The molecule has 0 spiro atoms. The van der Waals surface area contributed by atoms with Gasteiger partial charge in [0.05, 0.1) is 12.5 Å². The molecule has 106 valence electrons. The SMILES string of the molecule is CCC/C=C/CC(CC)(CCCCC)C(=O)OC. The van der Waals surface area contributed by atoms with Gasteiger partial charge in [0.15, 0.2) is 0 Å². The molecule has 18 heavy (non-hydrogen) atoms. The topological polar surface area (TPSA) is 26.3 Å². The molecule has 0 aromatic heterocycles. The third kappa shape index (κ3) is 5.70. The van der Waals surface area contributed by atoms with Crippen molar-refractivity contribution in [3.63, 3.8) is 0 Å². The average Bonchev–Trinajstić information content (AvgIpc) is 2.41. The number of ether oxygens (including phenoxy) is 1. The zero-order valence-electron chi connectivity index (χ0n) is 12.6. The van der Waals surface area contributed by atoms with Crippen LogP contribution in [0, 0.1) is 5.41 Å². The normalized spacial score (nSPS) is 14.7. The first-order valence-electron chi connectivity index (χ1n) is 7.40. The molecule has 0 aliphatic carbocycles. The first-order chi connectivity index (χ1) is 8.66. The molecule has 0 saturated heterocycles. The number of hydrogen-bond donors (Lipinski definition) is 0. The molecule has 2 nitrogen and oxygen atoms in total. The third-order valence-corrected chi connectivity index (χ3v) is 3.68. The van der Waals surface area contributed by atoms with Gasteiger partial charge in [-0.25, -0.2) is 0 Å². The summed E-state index contributed by atoms with van der Waals surface area (Å²) in [4.78, 5) is 12.1. The predicted molar refractivity (Wildman–Crippen MR) is 77.5 cm³/mol. The van der Waals surface area contributed by atoms with Gasteiger partial charge in [-0.2, -0.15) is 0 Å². The second-order valence-corrected chi connectivity index (χ2v) is 5.05. The standard InChI is InChI=1S/C16H30O2/c1-5-8-10-12-14-16(7-3,15(17)18-4)13-11-9-6-2/h10,12H,5-9,11,13-14H2,1-4H3/b12-10+. The number of carbonyl (C=O) groups excluding carboxylic acids is 1. The second-order valence-electron chi connectivity index (χ2n) is 5.05. The minimum atomic E-state index is -0.297. The van der Waals surface area contributed by atoms with Crippen LogP contribution in [0.3, 0.4) is 0 Å². The van der Waals surface area contributed by atoms with E-state index >= 15 is 0 Å². The third-order valence-electron chi connectivity index (χ3n) is 3.68. The summed E-state index contributed by atoms with van der Waals surface area (Å²) in [7, 11) is 1.50. The van der Waals surface area contributed by atoms with Crippen LogP contribution in [-0.2, 0) is 9.53 Å². The number of hydrogen-bond acceptors (Lipinski definition) is 2. The minimum Gasteiger partial charge on any atom is -0.469 e. The Hall–Kier alpha value is -0.790. The van der Waals surface area contributed by atoms with Crippen LogP contribution in [0.4, 0.5) is 0 Å². The molecule has 0 aromatic carbocycles. The molecule has 0 fully saturated rings. The molecule has 0 amide bonds. The molecule has 0 aromatic rings. The van der Waals surface area contributed by atoms with Crippen molar-refractivity contribution in [3.8, 4) is 0 Å². The summed E-state index contributed by atoms with van der Waals surface area (Å²) < 4.78 is 5.02. The van der Waals surface area contributed by atoms with Crippen LogP contribution in [0.15, 0.2) is 12.2 Å². The minimum absolute atomic E-state index is 0.0396. The van der Waals surface area contributed by atoms with Crippen LogP contribution in [0.2, 0.25) is 0 Å². The Balaban J connectivity index is 4.59. The summed E-state index contributed by atoms with van der Waals surface area (Å²) in [6, 6.07) is 0. The van der Waals surface area contributed by atoms with Crippen LogP contribution in [-0.4, -0.2) is 13.1 Å². The Bertz CT molecular complexity index is 245. The largest absolute Gasteiger partial charge is 0.469 e. The highest BCUT2D eigenvalue weighted by Gasteiger charge is 2.35. The summed E-state index contributed by atoms with van der Waals surface area (Å²) in [6.07, 6.45) is 12.7. The maximum absolute atomic E-state index is 12.1. The van der Waals surface area contributed by atoms with E-state index < -0.39 is 0 Å². The van der Waals surface area contributed by atoms with Crippen molar-refractivity contribution in [2.75, 3.05) is 7.11 Å². The number of carbonyl (C=O) groups is 1. The molecule has 0 aliphatic heterocycles. The van der Waals surface area contributed by atoms with Crippen molar-refractivity contribution in [1.82, 2.24) is 0 Å². The summed E-state index contributed by atoms with van der Waals surface area (Å²) in [5.41, 5.74) is -0.297. The van der Waals surface area contributed by atoms with E-state index in [2.05, 4.69) is 32.9 Å². The fourth-order valence-electron chi connectivity index (χ4n) is 2.28. The van der Waals surface area contributed by atoms with Gasteiger partial charge in [0.25, 0.3) is 0 Å². The molecule has 0 rings (SSSR count). The van der Waals surface area contributed by atoms with Crippen molar-refractivity contribution in [1.29, 1.82) is 0 Å². The highest BCUT2D eigenvalue weighted by Crippen LogP contribution is 2.35. The van der Waals surface area contributed by atoms with Crippen molar-refractivity contribution in [2.24, 2.45) is 5.41 Å². The van der Waals surface area contributed by atoms with Crippen LogP contribution in [0.1, 0.15) is 72.1 Å². The van der Waals surface area contributed by atoms with E-state index in [9.17, 15) is 4.79 Å². The smallest absolute Gasteiger partial charge is 0.312 e. The zero-order chi connectivity index (χ0) is 13.9. The van der Waals surface area contributed by atoms with Crippen LogP contribution in [0.5, 0.6) is 0 Å². The zero-order valence-corrected chi connectivity index (χ0v) is 12.6. The van der Waals surface area contributed by atoms with E-state index in [0.29, 0.717) is 0 Å². The maximum atomic E-state index is 12.1. The Labute approximate surface area is 113 Å². The Morgan fingerprint density at radius 2 is 1.83 bits per heavy atom. The van der Waals surface area contributed by atoms with Gasteiger partial charge in [-0.1, -0.05) is 58.6 Å². The highest BCUT2D eigenvalue weighted by molar-refractivity contribution is 5.76. The van der Waals surface area contributed by atoms with Gasteiger partial charge in [-0.3, -0.25) is 4.79 Å². The van der Waals surface area contributed by atoms with Gasteiger partial charge in [0.1, 0.15) is 0 Å². The molecule has 1 atom stereocenters. The van der Waals surface area contributed by atoms with E-state index in [1.165, 1.54) is 20.0 Å². The Kier molecular flexibility index (Phi) is 9.72. The quantitative estimate of drug-likeness (QED) is 0.315. The molecule has 0 aliphatic rings. The lowest BCUT2D eigenvalue weighted by Gasteiger charge is -2.28. The van der Waals surface area contributed by atoms with E-state index in [4.69, 9.17) is 4.74 Å². The van der Waals surface area contributed by atoms with Gasteiger partial charge in [0.2, 0.25) is 0 Å². The van der Waals surface area contributed by atoms with Gasteiger partial charge >= 0.3 is 5.97 Å². The van der Waals surface area contributed by atoms with E-state index in [1.807, 2.05) is 0 Å². The molecule has 0 saturated carbocycles. The maximum Gasteiger partial charge on any atom is 0.312 e. The highest BCUT2D eigenvalue weighted by atomic mass is 16.5. The number of rotatable bonds is 10. The summed E-state index contributed by atoms with van der Waals surface area (Å²) in [5.74, 6) is -0.0396. The monoisotopic (exact) mass is 254 g/mol. The van der Waals surface area contributed by atoms with Gasteiger partial charge < -0.3 is 4.74 Å². The molecule has 0 heterocycles. The molecular weight excluding hydrogens is 224 g/mol. The van der Waals surface area contributed by atoms with Crippen LogP contribution < -0.4 is 0 Å². The molecule has 0 N–H and O–H groups in total. The predicted octanol–water partition coefficient (Wildman–Crippen LogP) is 4.88. The molecule has 0 bridgehead atoms. The van der Waals surface area contributed by atoms with Crippen molar-refractivity contribution in [2.45, 2.75) is 72.1 Å². The fraction of sp³-hybridized carbons (Fsp3) is 0.812. The Morgan fingerprint density at radius 1 is 1.11 bits per heavy atom. The molecule has 1 unspecified atom stereocenters. The first kappa shape index (κ1) is 17.2. The molecular formula is C16H30O2. The lowest BCUT2D eigenvalue weighted by atomic mass is 9.77. The lowest BCUT2D eigenvalue weighted by molar-refractivity contribution is -0.153. The number of methoxy groups -OCH3 is 1. The Morgan fingerprint density at radius 3 is 2.33 bits per heavy atom. The molecule has 2 heteroatoms. The number of allylic oxidation sites excluding steroid dienone is 2. The van der Waals surface area contributed by atoms with Crippen molar-refractivity contribution in [3.05, 3.63) is 12.2 Å². The average molecular weight is 254 g/mol. The van der Waals surface area contributed by atoms with E-state index in [-0.39, 0.29) is 11.4 Å². The van der Waals surface area contributed by atoms with Gasteiger partial charge in [0, 0.05) is 0 Å². The summed E-state index contributed by atoms with van der Waals surface area (Å²) in [6.45, 7) is 6.45. The number of unbranched alkanes of at least 4 members (excludes halogenated alkanes) is 3. The fourth-order valence-corrected chi connectivity index (χ4v) is 2.28. The van der Waals surface area contributed by atoms with Gasteiger partial charge in [-0.05, 0) is 25.7 Å².